The zero-order chi connectivity index (χ0) is 12.3. The molecule has 0 radical (unpaired) electrons. The van der Waals surface area contributed by atoms with E-state index in [-0.39, 0.29) is 12.5 Å². The van der Waals surface area contributed by atoms with E-state index in [9.17, 15) is 0 Å². The summed E-state index contributed by atoms with van der Waals surface area (Å²) in [6, 6.07) is 7.32. The number of rotatable bonds is 4. The monoisotopic (exact) mass is 233 g/mol. The molecule has 0 bridgehead atoms. The van der Waals surface area contributed by atoms with Crippen molar-refractivity contribution in [3.8, 4) is 11.4 Å². The predicted octanol–water partition coefficient (Wildman–Crippen LogP) is 1.29. The van der Waals surface area contributed by atoms with E-state index >= 15 is 0 Å². The van der Waals surface area contributed by atoms with Gasteiger partial charge in [0.1, 0.15) is 6.04 Å². The minimum atomic E-state index is -0.619. The van der Waals surface area contributed by atoms with Crippen molar-refractivity contribution in [2.75, 3.05) is 6.61 Å². The van der Waals surface area contributed by atoms with Crippen molar-refractivity contribution < 1.29 is 9.63 Å². The van der Waals surface area contributed by atoms with Gasteiger partial charge in [-0.25, -0.2) is 0 Å². The van der Waals surface area contributed by atoms with E-state index in [1.54, 1.807) is 0 Å². The molecular weight excluding hydrogens is 218 g/mol. The van der Waals surface area contributed by atoms with Gasteiger partial charge in [-0.1, -0.05) is 36.3 Å². The first-order chi connectivity index (χ1) is 8.24. The average Bonchev–Trinajstić information content (AvgIpc) is 2.87. The molecule has 1 aromatic carbocycles. The molecule has 5 nitrogen and oxygen atoms in total. The summed E-state index contributed by atoms with van der Waals surface area (Å²) in [6.07, 6.45) is 0.993. The minimum Gasteiger partial charge on any atom is -0.394 e. The van der Waals surface area contributed by atoms with E-state index in [1.165, 1.54) is 5.56 Å². The van der Waals surface area contributed by atoms with Gasteiger partial charge >= 0.3 is 0 Å². The van der Waals surface area contributed by atoms with Gasteiger partial charge in [0, 0.05) is 5.56 Å². The van der Waals surface area contributed by atoms with Crippen LogP contribution in [0.25, 0.3) is 11.4 Å². The first kappa shape index (κ1) is 11.8. The lowest BCUT2D eigenvalue weighted by Crippen LogP contribution is -2.14. The Hall–Kier alpha value is -1.72. The topological polar surface area (TPSA) is 85.2 Å². The summed E-state index contributed by atoms with van der Waals surface area (Å²) in [4.78, 5) is 4.14. The molecule has 5 heteroatoms. The highest BCUT2D eigenvalue weighted by Crippen LogP contribution is 2.18. The molecule has 17 heavy (non-hydrogen) atoms. The van der Waals surface area contributed by atoms with Crippen molar-refractivity contribution in [2.24, 2.45) is 5.73 Å². The van der Waals surface area contributed by atoms with Crippen LogP contribution in [-0.4, -0.2) is 21.9 Å². The van der Waals surface area contributed by atoms with Crippen molar-refractivity contribution in [2.45, 2.75) is 19.4 Å². The largest absolute Gasteiger partial charge is 0.394 e. The second-order valence-electron chi connectivity index (χ2n) is 3.80. The average molecular weight is 233 g/mol. The highest BCUT2D eigenvalue weighted by atomic mass is 16.5. The van der Waals surface area contributed by atoms with E-state index in [0.717, 1.165) is 12.0 Å². The molecule has 0 saturated heterocycles. The Morgan fingerprint density at radius 1 is 1.35 bits per heavy atom. The normalized spacial score (nSPS) is 12.6. The summed E-state index contributed by atoms with van der Waals surface area (Å²) in [7, 11) is 0. The van der Waals surface area contributed by atoms with Crippen LogP contribution < -0.4 is 5.73 Å². The maximum Gasteiger partial charge on any atom is 0.246 e. The fraction of sp³-hybridized carbons (Fsp3) is 0.333. The summed E-state index contributed by atoms with van der Waals surface area (Å²) < 4.78 is 4.98. The lowest BCUT2D eigenvalue weighted by Gasteiger charge is -1.99. The van der Waals surface area contributed by atoms with E-state index < -0.39 is 6.04 Å². The first-order valence-corrected chi connectivity index (χ1v) is 5.54. The van der Waals surface area contributed by atoms with Crippen LogP contribution in [0.1, 0.15) is 24.4 Å². The molecule has 0 fully saturated rings. The van der Waals surface area contributed by atoms with Gasteiger partial charge in [-0.15, -0.1) is 0 Å². The molecule has 0 aliphatic carbocycles. The van der Waals surface area contributed by atoms with E-state index in [1.807, 2.05) is 24.3 Å². The van der Waals surface area contributed by atoms with Crippen molar-refractivity contribution >= 4 is 0 Å². The fourth-order valence-electron chi connectivity index (χ4n) is 1.47. The third kappa shape index (κ3) is 2.51. The minimum absolute atomic E-state index is 0.212. The van der Waals surface area contributed by atoms with Crippen LogP contribution >= 0.6 is 0 Å². The van der Waals surface area contributed by atoms with Gasteiger partial charge in [-0.3, -0.25) is 0 Å². The van der Waals surface area contributed by atoms with E-state index in [0.29, 0.717) is 5.82 Å². The molecule has 2 aromatic rings. The van der Waals surface area contributed by atoms with Crippen molar-refractivity contribution in [3.63, 3.8) is 0 Å². The second-order valence-corrected chi connectivity index (χ2v) is 3.80. The molecule has 1 unspecified atom stereocenters. The maximum absolute atomic E-state index is 8.88. The third-order valence-corrected chi connectivity index (χ3v) is 2.58. The van der Waals surface area contributed by atoms with Crippen LogP contribution in [0.15, 0.2) is 28.8 Å². The Balaban J connectivity index is 2.24. The highest BCUT2D eigenvalue weighted by molar-refractivity contribution is 5.54. The van der Waals surface area contributed by atoms with Crippen LogP contribution in [0.2, 0.25) is 0 Å². The molecule has 0 amide bonds. The smallest absolute Gasteiger partial charge is 0.246 e. The van der Waals surface area contributed by atoms with Gasteiger partial charge in [0.15, 0.2) is 0 Å². The van der Waals surface area contributed by atoms with Crippen LogP contribution in [0.4, 0.5) is 0 Å². The molecule has 2 rings (SSSR count). The van der Waals surface area contributed by atoms with Crippen LogP contribution in [0, 0.1) is 0 Å². The SMILES string of the molecule is CCc1ccc(-c2noc(C(N)CO)n2)cc1. The number of aliphatic hydroxyl groups excluding tert-OH is 1. The van der Waals surface area contributed by atoms with E-state index in [4.69, 9.17) is 15.4 Å². The summed E-state index contributed by atoms with van der Waals surface area (Å²) in [5.74, 6) is 0.744. The predicted molar refractivity (Wildman–Crippen MR) is 63.1 cm³/mol. The zero-order valence-corrected chi connectivity index (χ0v) is 9.63. The Morgan fingerprint density at radius 2 is 2.06 bits per heavy atom. The van der Waals surface area contributed by atoms with Gasteiger partial charge in [0.05, 0.1) is 6.61 Å². The summed E-state index contributed by atoms with van der Waals surface area (Å²) in [5, 5.41) is 12.7. The quantitative estimate of drug-likeness (QED) is 0.831. The molecular formula is C12H15N3O2. The molecule has 3 N–H and O–H groups in total. The Labute approximate surface area is 99.3 Å². The zero-order valence-electron chi connectivity index (χ0n) is 9.63. The number of aryl methyl sites for hydroxylation is 1. The Bertz CT molecular complexity index is 479. The second kappa shape index (κ2) is 5.07. The lowest BCUT2D eigenvalue weighted by atomic mass is 10.1. The number of benzene rings is 1. The van der Waals surface area contributed by atoms with Crippen LogP contribution in [-0.2, 0) is 6.42 Å². The number of hydrogen-bond acceptors (Lipinski definition) is 5. The standard InChI is InChI=1S/C12H15N3O2/c1-2-8-3-5-9(6-4-8)11-14-12(17-15-11)10(13)7-16/h3-6,10,16H,2,7,13H2,1H3. The summed E-state index contributed by atoms with van der Waals surface area (Å²) in [6.45, 7) is 1.89. The molecule has 90 valence electrons. The van der Waals surface area contributed by atoms with Crippen molar-refractivity contribution in [1.82, 2.24) is 10.1 Å². The number of aromatic nitrogens is 2. The molecule has 1 atom stereocenters. The van der Waals surface area contributed by atoms with Crippen LogP contribution in [0.3, 0.4) is 0 Å². The number of hydrogen-bond donors (Lipinski definition) is 2. The molecule has 1 aromatic heterocycles. The van der Waals surface area contributed by atoms with Gasteiger partial charge in [-0.05, 0) is 12.0 Å². The van der Waals surface area contributed by atoms with Gasteiger partial charge < -0.3 is 15.4 Å². The fourth-order valence-corrected chi connectivity index (χ4v) is 1.47. The Morgan fingerprint density at radius 3 is 2.65 bits per heavy atom. The van der Waals surface area contributed by atoms with Gasteiger partial charge in [0.2, 0.25) is 11.7 Å². The van der Waals surface area contributed by atoms with Crippen molar-refractivity contribution in [1.29, 1.82) is 0 Å². The number of nitrogens with zero attached hydrogens (tertiary/aromatic N) is 2. The van der Waals surface area contributed by atoms with Crippen LogP contribution in [0.5, 0.6) is 0 Å². The Kier molecular flexibility index (Phi) is 3.51. The molecule has 0 spiro atoms. The highest BCUT2D eigenvalue weighted by Gasteiger charge is 2.14. The molecule has 0 saturated carbocycles. The van der Waals surface area contributed by atoms with Gasteiger partial charge in [-0.2, -0.15) is 4.98 Å². The first-order valence-electron chi connectivity index (χ1n) is 5.54. The molecule has 0 aliphatic heterocycles. The summed E-state index contributed by atoms with van der Waals surface area (Å²) >= 11 is 0. The lowest BCUT2D eigenvalue weighted by molar-refractivity contribution is 0.237. The maximum atomic E-state index is 8.88. The van der Waals surface area contributed by atoms with E-state index in [2.05, 4.69) is 17.1 Å². The molecule has 1 heterocycles. The molecule has 0 aliphatic rings. The number of nitrogens with two attached hydrogens (primary N) is 1. The summed E-state index contributed by atoms with van der Waals surface area (Å²) in [5.41, 5.74) is 7.72. The van der Waals surface area contributed by atoms with Gasteiger partial charge in [0.25, 0.3) is 0 Å². The third-order valence-electron chi connectivity index (χ3n) is 2.58. The van der Waals surface area contributed by atoms with Crippen molar-refractivity contribution in [3.05, 3.63) is 35.7 Å². The number of aliphatic hydroxyl groups is 1.